The molecule has 1 amide bonds. The van der Waals surface area contributed by atoms with E-state index in [1.165, 1.54) is 12.8 Å². The maximum Gasteiger partial charge on any atom is 0.265 e. The van der Waals surface area contributed by atoms with E-state index < -0.39 is 6.10 Å². The first-order valence-corrected chi connectivity index (χ1v) is 9.99. The number of rotatable bonds is 3. The van der Waals surface area contributed by atoms with Crippen molar-refractivity contribution in [1.29, 1.82) is 0 Å². The molecule has 2 aromatic carbocycles. The van der Waals surface area contributed by atoms with Crippen LogP contribution in [0.25, 0.3) is 11.3 Å². The van der Waals surface area contributed by atoms with Gasteiger partial charge in [0.25, 0.3) is 5.91 Å². The van der Waals surface area contributed by atoms with Crippen molar-refractivity contribution < 1.29 is 9.53 Å². The molecule has 2 aliphatic rings. The van der Waals surface area contributed by atoms with E-state index in [-0.39, 0.29) is 5.91 Å². The Morgan fingerprint density at radius 3 is 2.86 bits per heavy atom. The van der Waals surface area contributed by atoms with Crippen molar-refractivity contribution in [3.63, 3.8) is 0 Å². The third-order valence-corrected chi connectivity index (χ3v) is 5.58. The lowest BCUT2D eigenvalue weighted by atomic mass is 10.0. The number of amides is 1. The largest absolute Gasteiger partial charge is 0.480 e. The number of nitrogens with one attached hydrogen (secondary N) is 1. The summed E-state index contributed by atoms with van der Waals surface area (Å²) in [5, 5.41) is 3.08. The number of anilines is 1. The molecule has 3 heterocycles. The zero-order chi connectivity index (χ0) is 18.9. The number of hydrogen-bond acceptors (Lipinski definition) is 3. The third-order valence-electron chi connectivity index (χ3n) is 5.58. The Bertz CT molecular complexity index is 1000. The molecule has 0 spiro atoms. The minimum atomic E-state index is -0.474. The molecule has 5 nitrogen and oxygen atoms in total. The fourth-order valence-electron chi connectivity index (χ4n) is 4.08. The number of carbonyl (C=O) groups is 1. The molecule has 142 valence electrons. The summed E-state index contributed by atoms with van der Waals surface area (Å²) in [5.41, 5.74) is 3.82. The van der Waals surface area contributed by atoms with Gasteiger partial charge in [-0.15, -0.1) is 0 Å². The molecule has 1 N–H and O–H groups in total. The number of nitrogens with zero attached hydrogens (tertiary/aromatic N) is 2. The highest BCUT2D eigenvalue weighted by Gasteiger charge is 2.26. The van der Waals surface area contributed by atoms with E-state index >= 15 is 0 Å². The molecular formula is C23H23N3O2. The molecule has 1 atom stereocenters. The van der Waals surface area contributed by atoms with Crippen molar-refractivity contribution in [2.75, 3.05) is 5.32 Å². The molecule has 0 bridgehead atoms. The van der Waals surface area contributed by atoms with Crippen LogP contribution in [0, 0.1) is 0 Å². The highest BCUT2D eigenvalue weighted by Crippen LogP contribution is 2.31. The van der Waals surface area contributed by atoms with E-state index in [0.29, 0.717) is 6.42 Å². The van der Waals surface area contributed by atoms with Gasteiger partial charge in [0.2, 0.25) is 0 Å². The molecule has 1 aromatic heterocycles. The van der Waals surface area contributed by atoms with Crippen LogP contribution in [-0.4, -0.2) is 21.6 Å². The predicted molar refractivity (Wildman–Crippen MR) is 108 cm³/mol. The van der Waals surface area contributed by atoms with Crippen LogP contribution < -0.4 is 10.1 Å². The number of aryl methyl sites for hydroxylation is 3. The lowest BCUT2D eigenvalue weighted by molar-refractivity contribution is -0.123. The Morgan fingerprint density at radius 1 is 1.07 bits per heavy atom. The molecule has 3 aromatic rings. The average molecular weight is 373 g/mol. The third kappa shape index (κ3) is 3.17. The predicted octanol–water partition coefficient (Wildman–Crippen LogP) is 4.22. The summed E-state index contributed by atoms with van der Waals surface area (Å²) in [6, 6.07) is 15.8. The summed E-state index contributed by atoms with van der Waals surface area (Å²) in [4.78, 5) is 17.7. The van der Waals surface area contributed by atoms with Gasteiger partial charge in [-0.3, -0.25) is 4.79 Å². The molecule has 5 rings (SSSR count). The summed E-state index contributed by atoms with van der Waals surface area (Å²) in [6.45, 7) is 1.02. The van der Waals surface area contributed by atoms with E-state index in [1.807, 2.05) is 42.5 Å². The van der Waals surface area contributed by atoms with Crippen LogP contribution in [0.5, 0.6) is 5.75 Å². The van der Waals surface area contributed by atoms with E-state index in [1.54, 1.807) is 0 Å². The zero-order valence-electron chi connectivity index (χ0n) is 15.7. The van der Waals surface area contributed by atoms with Crippen molar-refractivity contribution in [2.24, 2.45) is 0 Å². The standard InChI is InChI=1S/C23H23N3O2/c27-23(21-13-12-16-7-1-4-10-20(16)28-21)25-18-9-3-2-8-17(18)19-15-26-14-6-5-11-22(26)24-19/h1-4,7-10,15,21H,5-6,11-14H2,(H,25,27). The van der Waals surface area contributed by atoms with Crippen LogP contribution in [0.3, 0.4) is 0 Å². The van der Waals surface area contributed by atoms with Gasteiger partial charge in [-0.1, -0.05) is 36.4 Å². The van der Waals surface area contributed by atoms with Crippen LogP contribution in [0.1, 0.15) is 30.7 Å². The topological polar surface area (TPSA) is 56.2 Å². The molecule has 5 heteroatoms. The Hall–Kier alpha value is -3.08. The van der Waals surface area contributed by atoms with Crippen molar-refractivity contribution in [3.8, 4) is 17.0 Å². The van der Waals surface area contributed by atoms with E-state index in [0.717, 1.165) is 53.5 Å². The SMILES string of the molecule is O=C(Nc1ccccc1-c1cn2c(n1)CCCC2)C1CCc2ccccc2O1. The maximum atomic E-state index is 12.9. The summed E-state index contributed by atoms with van der Waals surface area (Å²) in [7, 11) is 0. The fraction of sp³-hybridized carbons (Fsp3) is 0.304. The van der Waals surface area contributed by atoms with Gasteiger partial charge < -0.3 is 14.6 Å². The highest BCUT2D eigenvalue weighted by molar-refractivity contribution is 5.98. The second-order valence-corrected chi connectivity index (χ2v) is 7.48. The number of fused-ring (bicyclic) bond motifs is 2. The molecule has 28 heavy (non-hydrogen) atoms. The summed E-state index contributed by atoms with van der Waals surface area (Å²) >= 11 is 0. The Kier molecular flexibility index (Phi) is 4.35. The van der Waals surface area contributed by atoms with Crippen molar-refractivity contribution >= 4 is 11.6 Å². The molecule has 2 aliphatic heterocycles. The number of imidazole rings is 1. The molecule has 0 saturated heterocycles. The maximum absolute atomic E-state index is 12.9. The lowest BCUT2D eigenvalue weighted by Crippen LogP contribution is -2.35. The van der Waals surface area contributed by atoms with E-state index in [9.17, 15) is 4.79 Å². The van der Waals surface area contributed by atoms with Crippen LogP contribution in [0.4, 0.5) is 5.69 Å². The molecule has 0 saturated carbocycles. The van der Waals surface area contributed by atoms with Gasteiger partial charge in [0.05, 0.1) is 11.4 Å². The van der Waals surface area contributed by atoms with Gasteiger partial charge in [-0.2, -0.15) is 0 Å². The number of ether oxygens (including phenoxy) is 1. The van der Waals surface area contributed by atoms with Crippen LogP contribution >= 0.6 is 0 Å². The first-order valence-electron chi connectivity index (χ1n) is 9.99. The van der Waals surface area contributed by atoms with Crippen LogP contribution in [0.15, 0.2) is 54.7 Å². The Morgan fingerprint density at radius 2 is 1.93 bits per heavy atom. The number of benzene rings is 2. The number of hydrogen-bond donors (Lipinski definition) is 1. The normalized spacial score (nSPS) is 17.9. The summed E-state index contributed by atoms with van der Waals surface area (Å²) in [5.74, 6) is 1.84. The van der Waals surface area contributed by atoms with Crippen molar-refractivity contribution in [3.05, 3.63) is 66.1 Å². The minimum Gasteiger partial charge on any atom is -0.480 e. The number of para-hydroxylation sites is 2. The first kappa shape index (κ1) is 17.0. The van der Waals surface area contributed by atoms with E-state index in [2.05, 4.69) is 22.1 Å². The molecular weight excluding hydrogens is 350 g/mol. The molecule has 1 unspecified atom stereocenters. The monoisotopic (exact) mass is 373 g/mol. The molecule has 0 aliphatic carbocycles. The zero-order valence-corrected chi connectivity index (χ0v) is 15.7. The minimum absolute atomic E-state index is 0.106. The van der Waals surface area contributed by atoms with Gasteiger partial charge in [0, 0.05) is 24.7 Å². The Balaban J connectivity index is 1.38. The number of aromatic nitrogens is 2. The quantitative estimate of drug-likeness (QED) is 0.748. The van der Waals surface area contributed by atoms with Crippen LogP contribution in [0.2, 0.25) is 0 Å². The van der Waals surface area contributed by atoms with Crippen molar-refractivity contribution in [1.82, 2.24) is 9.55 Å². The Labute approximate surface area is 164 Å². The smallest absolute Gasteiger partial charge is 0.265 e. The van der Waals surface area contributed by atoms with E-state index in [4.69, 9.17) is 9.72 Å². The van der Waals surface area contributed by atoms with Gasteiger partial charge in [-0.25, -0.2) is 4.98 Å². The average Bonchev–Trinajstić information content (AvgIpc) is 3.18. The fourth-order valence-corrected chi connectivity index (χ4v) is 4.08. The van der Waals surface area contributed by atoms with Crippen molar-refractivity contribution in [2.45, 2.75) is 44.8 Å². The molecule has 0 radical (unpaired) electrons. The summed E-state index contributed by atoms with van der Waals surface area (Å²) < 4.78 is 8.18. The second-order valence-electron chi connectivity index (χ2n) is 7.48. The van der Waals surface area contributed by atoms with Gasteiger partial charge in [0.15, 0.2) is 6.10 Å². The lowest BCUT2D eigenvalue weighted by Gasteiger charge is -2.25. The second kappa shape index (κ2) is 7.15. The summed E-state index contributed by atoms with van der Waals surface area (Å²) in [6.07, 6.45) is 6.57. The first-order chi connectivity index (χ1) is 13.8. The highest BCUT2D eigenvalue weighted by atomic mass is 16.5. The molecule has 0 fully saturated rings. The van der Waals surface area contributed by atoms with Gasteiger partial charge in [-0.05, 0) is 43.4 Å². The van der Waals surface area contributed by atoms with Gasteiger partial charge in [0.1, 0.15) is 11.6 Å². The van der Waals surface area contributed by atoms with Gasteiger partial charge >= 0.3 is 0 Å². The van der Waals surface area contributed by atoms with Crippen LogP contribution in [-0.2, 0) is 24.2 Å². The number of carbonyl (C=O) groups excluding carboxylic acids is 1.